The number of carbonyl (C=O) groups is 1. The summed E-state index contributed by atoms with van der Waals surface area (Å²) in [6.45, 7) is 4.93. The molecule has 0 aromatic heterocycles. The molecule has 0 saturated carbocycles. The number of ether oxygens (including phenoxy) is 1. The molecule has 0 aliphatic rings. The molecule has 1 rings (SSSR count). The lowest BCUT2D eigenvalue weighted by Crippen LogP contribution is -2.19. The zero-order valence-corrected chi connectivity index (χ0v) is 10.7. The molecule has 0 aliphatic carbocycles. The third kappa shape index (κ3) is 4.33. The number of benzene rings is 1. The number of hydrogen-bond acceptors (Lipinski definition) is 3. The zero-order valence-electron chi connectivity index (χ0n) is 10.7. The van der Waals surface area contributed by atoms with Crippen molar-refractivity contribution in [3.8, 4) is 5.75 Å². The summed E-state index contributed by atoms with van der Waals surface area (Å²) in [4.78, 5) is 10.6. The normalized spacial score (nSPS) is 12.2. The molecule has 0 bridgehead atoms. The lowest BCUT2D eigenvalue weighted by atomic mass is 10.1. The molecule has 1 aromatic rings. The van der Waals surface area contributed by atoms with Gasteiger partial charge in [0.2, 0.25) is 5.91 Å². The van der Waals surface area contributed by atoms with Gasteiger partial charge >= 0.3 is 0 Å². The van der Waals surface area contributed by atoms with Crippen LogP contribution in [0.3, 0.4) is 0 Å². The van der Waals surface area contributed by atoms with Crippen molar-refractivity contribution in [3.63, 3.8) is 0 Å². The SMILES string of the molecule is CCNC(C)c1ccc(F)cc1OCCC(N)=O. The molecular weight excluding hydrogens is 235 g/mol. The van der Waals surface area contributed by atoms with Gasteiger partial charge in [0.05, 0.1) is 13.0 Å². The smallest absolute Gasteiger partial charge is 0.220 e. The Morgan fingerprint density at radius 2 is 2.28 bits per heavy atom. The van der Waals surface area contributed by atoms with Crippen LogP contribution in [0.5, 0.6) is 5.75 Å². The fourth-order valence-electron chi connectivity index (χ4n) is 1.67. The first kappa shape index (κ1) is 14.4. The lowest BCUT2D eigenvalue weighted by Gasteiger charge is -2.17. The molecule has 0 heterocycles. The highest BCUT2D eigenvalue weighted by Crippen LogP contribution is 2.26. The molecule has 1 atom stereocenters. The lowest BCUT2D eigenvalue weighted by molar-refractivity contribution is -0.118. The molecule has 0 saturated heterocycles. The Balaban J connectivity index is 2.79. The number of carbonyl (C=O) groups excluding carboxylic acids is 1. The van der Waals surface area contributed by atoms with Gasteiger partial charge in [-0.3, -0.25) is 4.79 Å². The van der Waals surface area contributed by atoms with Crippen LogP contribution in [0.4, 0.5) is 4.39 Å². The number of halogens is 1. The van der Waals surface area contributed by atoms with E-state index in [2.05, 4.69) is 5.32 Å². The highest BCUT2D eigenvalue weighted by atomic mass is 19.1. The molecular formula is C13H19FN2O2. The van der Waals surface area contributed by atoms with Gasteiger partial charge in [-0.25, -0.2) is 4.39 Å². The van der Waals surface area contributed by atoms with E-state index >= 15 is 0 Å². The van der Waals surface area contributed by atoms with E-state index in [1.807, 2.05) is 13.8 Å². The quantitative estimate of drug-likeness (QED) is 0.779. The Bertz CT molecular complexity index is 410. The first-order valence-electron chi connectivity index (χ1n) is 5.98. The third-order valence-corrected chi connectivity index (χ3v) is 2.56. The maximum Gasteiger partial charge on any atom is 0.220 e. The van der Waals surface area contributed by atoms with E-state index in [1.165, 1.54) is 12.1 Å². The molecule has 1 amide bonds. The topological polar surface area (TPSA) is 64.3 Å². The number of amides is 1. The summed E-state index contributed by atoms with van der Waals surface area (Å²) in [5, 5.41) is 3.23. The molecule has 1 unspecified atom stereocenters. The van der Waals surface area contributed by atoms with Crippen LogP contribution in [-0.2, 0) is 4.79 Å². The average Bonchev–Trinajstić information content (AvgIpc) is 2.29. The van der Waals surface area contributed by atoms with E-state index in [0.717, 1.165) is 12.1 Å². The van der Waals surface area contributed by atoms with Gasteiger partial charge in [-0.2, -0.15) is 0 Å². The molecule has 4 nitrogen and oxygen atoms in total. The largest absolute Gasteiger partial charge is 0.493 e. The summed E-state index contributed by atoms with van der Waals surface area (Å²) in [6, 6.07) is 4.45. The Morgan fingerprint density at radius 3 is 2.89 bits per heavy atom. The number of nitrogens with two attached hydrogens (primary N) is 1. The Morgan fingerprint density at radius 1 is 1.56 bits per heavy atom. The van der Waals surface area contributed by atoms with E-state index in [-0.39, 0.29) is 24.9 Å². The monoisotopic (exact) mass is 254 g/mol. The van der Waals surface area contributed by atoms with Gasteiger partial charge in [-0.1, -0.05) is 13.0 Å². The summed E-state index contributed by atoms with van der Waals surface area (Å²) in [5.74, 6) is -0.353. The van der Waals surface area contributed by atoms with Crippen molar-refractivity contribution >= 4 is 5.91 Å². The van der Waals surface area contributed by atoms with E-state index in [9.17, 15) is 9.18 Å². The molecule has 0 aliphatic heterocycles. The molecule has 1 aromatic carbocycles. The molecule has 100 valence electrons. The Hall–Kier alpha value is -1.62. The van der Waals surface area contributed by atoms with E-state index in [4.69, 9.17) is 10.5 Å². The molecule has 0 fully saturated rings. The van der Waals surface area contributed by atoms with Crippen molar-refractivity contribution in [2.45, 2.75) is 26.3 Å². The summed E-state index contributed by atoms with van der Waals surface area (Å²) < 4.78 is 18.6. The minimum absolute atomic E-state index is 0.0548. The van der Waals surface area contributed by atoms with Crippen LogP contribution in [-0.4, -0.2) is 19.1 Å². The van der Waals surface area contributed by atoms with Crippen LogP contribution in [0, 0.1) is 5.82 Å². The maximum atomic E-state index is 13.2. The van der Waals surface area contributed by atoms with E-state index in [0.29, 0.717) is 5.75 Å². The predicted molar refractivity (Wildman–Crippen MR) is 67.8 cm³/mol. The summed E-state index contributed by atoms with van der Waals surface area (Å²) in [7, 11) is 0. The fourth-order valence-corrected chi connectivity index (χ4v) is 1.67. The average molecular weight is 254 g/mol. The van der Waals surface area contributed by atoms with Gasteiger partial charge < -0.3 is 15.8 Å². The third-order valence-electron chi connectivity index (χ3n) is 2.56. The summed E-state index contributed by atoms with van der Waals surface area (Å²) in [5.41, 5.74) is 5.89. The zero-order chi connectivity index (χ0) is 13.5. The van der Waals surface area contributed by atoms with Crippen molar-refractivity contribution in [3.05, 3.63) is 29.6 Å². The second-order valence-electron chi connectivity index (χ2n) is 4.03. The van der Waals surface area contributed by atoms with Crippen LogP contribution in [0.15, 0.2) is 18.2 Å². The van der Waals surface area contributed by atoms with Gasteiger partial charge in [-0.15, -0.1) is 0 Å². The first-order valence-corrected chi connectivity index (χ1v) is 5.98. The molecule has 0 spiro atoms. The number of rotatable bonds is 7. The van der Waals surface area contributed by atoms with E-state index in [1.54, 1.807) is 6.07 Å². The Kier molecular flexibility index (Phi) is 5.58. The number of primary amides is 1. The van der Waals surface area contributed by atoms with Crippen LogP contribution in [0.2, 0.25) is 0 Å². The molecule has 3 N–H and O–H groups in total. The minimum Gasteiger partial charge on any atom is -0.493 e. The van der Waals surface area contributed by atoms with Gasteiger partial charge in [0, 0.05) is 17.7 Å². The maximum absolute atomic E-state index is 13.2. The van der Waals surface area contributed by atoms with Crippen molar-refractivity contribution in [1.29, 1.82) is 0 Å². The van der Waals surface area contributed by atoms with Gasteiger partial charge in [0.25, 0.3) is 0 Å². The van der Waals surface area contributed by atoms with Gasteiger partial charge in [-0.05, 0) is 19.5 Å². The van der Waals surface area contributed by atoms with Crippen LogP contribution < -0.4 is 15.8 Å². The van der Waals surface area contributed by atoms with Crippen LogP contribution in [0.1, 0.15) is 31.9 Å². The highest BCUT2D eigenvalue weighted by molar-refractivity contribution is 5.73. The molecule has 0 radical (unpaired) electrons. The van der Waals surface area contributed by atoms with Gasteiger partial charge in [0.1, 0.15) is 11.6 Å². The van der Waals surface area contributed by atoms with Crippen molar-refractivity contribution in [1.82, 2.24) is 5.32 Å². The number of hydrogen-bond donors (Lipinski definition) is 2. The predicted octanol–water partition coefficient (Wildman–Crippen LogP) is 1.75. The number of nitrogens with one attached hydrogen (secondary N) is 1. The van der Waals surface area contributed by atoms with Crippen LogP contribution >= 0.6 is 0 Å². The fraction of sp³-hybridized carbons (Fsp3) is 0.462. The highest BCUT2D eigenvalue weighted by Gasteiger charge is 2.12. The van der Waals surface area contributed by atoms with Crippen molar-refractivity contribution in [2.75, 3.05) is 13.2 Å². The van der Waals surface area contributed by atoms with E-state index < -0.39 is 5.91 Å². The summed E-state index contributed by atoms with van der Waals surface area (Å²) in [6.07, 6.45) is 0.117. The van der Waals surface area contributed by atoms with Crippen molar-refractivity contribution < 1.29 is 13.9 Å². The second-order valence-corrected chi connectivity index (χ2v) is 4.03. The second kappa shape index (κ2) is 6.96. The van der Waals surface area contributed by atoms with Gasteiger partial charge in [0.15, 0.2) is 0 Å². The van der Waals surface area contributed by atoms with Crippen molar-refractivity contribution in [2.24, 2.45) is 5.73 Å². The first-order chi connectivity index (χ1) is 8.54. The summed E-state index contributed by atoms with van der Waals surface area (Å²) >= 11 is 0. The molecule has 5 heteroatoms. The molecule has 18 heavy (non-hydrogen) atoms. The minimum atomic E-state index is -0.437. The van der Waals surface area contributed by atoms with Crippen LogP contribution in [0.25, 0.3) is 0 Å². The standard InChI is InChI=1S/C13H19FN2O2/c1-3-16-9(2)11-5-4-10(14)8-12(11)18-7-6-13(15)17/h4-5,8-9,16H,3,6-7H2,1-2H3,(H2,15,17). The Labute approximate surface area is 106 Å².